The number of hydrogen-bond acceptors (Lipinski definition) is 2. The van der Waals surface area contributed by atoms with Crippen molar-refractivity contribution in [2.45, 2.75) is 20.0 Å². The Morgan fingerprint density at radius 3 is 2.40 bits per heavy atom. The Kier molecular flexibility index (Phi) is 1.90. The van der Waals surface area contributed by atoms with Crippen molar-refractivity contribution in [2.75, 3.05) is 0 Å². The van der Waals surface area contributed by atoms with Gasteiger partial charge in [-0.1, -0.05) is 19.9 Å². The summed E-state index contributed by atoms with van der Waals surface area (Å²) in [4.78, 5) is 11.0. The minimum atomic E-state index is -0.549. The number of carbonyl (C=O) groups excluding carboxylic acids is 1. The maximum atomic E-state index is 11.0. The van der Waals surface area contributed by atoms with Crippen molar-refractivity contribution in [1.82, 2.24) is 0 Å². The molecule has 0 bridgehead atoms. The lowest BCUT2D eigenvalue weighted by Gasteiger charge is -2.16. The lowest BCUT2D eigenvalue weighted by Crippen LogP contribution is -2.25. The van der Waals surface area contributed by atoms with Gasteiger partial charge in [0.25, 0.3) is 0 Å². The highest BCUT2D eigenvalue weighted by atomic mass is 16.3. The summed E-state index contributed by atoms with van der Waals surface area (Å²) in [6, 6.07) is 0. The number of aliphatic hydroxyl groups excluding tert-OH is 1. The molecule has 2 heteroatoms. The van der Waals surface area contributed by atoms with Gasteiger partial charge in [-0.2, -0.15) is 0 Å². The minimum absolute atomic E-state index is 0.0579. The van der Waals surface area contributed by atoms with Gasteiger partial charge in [-0.05, 0) is 12.0 Å². The van der Waals surface area contributed by atoms with Crippen molar-refractivity contribution in [2.24, 2.45) is 11.8 Å². The minimum Gasteiger partial charge on any atom is -0.388 e. The molecule has 1 aliphatic rings. The standard InChI is InChI=1S/C8H12O2/c1-5(2)8-6(9)3-4-7(8)10/h3-6,8-9H,1-2H3. The first-order valence-electron chi connectivity index (χ1n) is 3.53. The molecule has 0 saturated carbocycles. The Bertz CT molecular complexity index is 170. The van der Waals surface area contributed by atoms with Gasteiger partial charge in [0, 0.05) is 0 Å². The summed E-state index contributed by atoms with van der Waals surface area (Å²) in [5.74, 6) is 0.0972. The molecule has 2 nitrogen and oxygen atoms in total. The van der Waals surface area contributed by atoms with E-state index in [1.54, 1.807) is 6.08 Å². The molecule has 1 rings (SSSR count). The van der Waals surface area contributed by atoms with E-state index in [2.05, 4.69) is 0 Å². The van der Waals surface area contributed by atoms with Crippen LogP contribution in [0.5, 0.6) is 0 Å². The van der Waals surface area contributed by atoms with Gasteiger partial charge in [0.2, 0.25) is 0 Å². The van der Waals surface area contributed by atoms with Crippen LogP contribution in [0.1, 0.15) is 13.8 Å². The first kappa shape index (κ1) is 7.48. The van der Waals surface area contributed by atoms with Crippen LogP contribution in [-0.2, 0) is 4.79 Å². The molecular formula is C8H12O2. The van der Waals surface area contributed by atoms with Crippen LogP contribution in [0.25, 0.3) is 0 Å². The largest absolute Gasteiger partial charge is 0.388 e. The van der Waals surface area contributed by atoms with Crippen LogP contribution in [0, 0.1) is 11.8 Å². The first-order chi connectivity index (χ1) is 4.63. The number of allylic oxidation sites excluding steroid dienone is 1. The third kappa shape index (κ3) is 1.12. The lowest BCUT2D eigenvalue weighted by atomic mass is 9.91. The van der Waals surface area contributed by atoms with Crippen molar-refractivity contribution >= 4 is 5.78 Å². The van der Waals surface area contributed by atoms with Crippen molar-refractivity contribution in [3.8, 4) is 0 Å². The van der Waals surface area contributed by atoms with Gasteiger partial charge in [-0.15, -0.1) is 0 Å². The molecule has 0 aliphatic heterocycles. The molecule has 0 saturated heterocycles. The van der Waals surface area contributed by atoms with Crippen LogP contribution in [0.2, 0.25) is 0 Å². The van der Waals surface area contributed by atoms with E-state index in [4.69, 9.17) is 0 Å². The molecule has 0 spiro atoms. The Hall–Kier alpha value is -0.630. The van der Waals surface area contributed by atoms with Crippen LogP contribution in [0.4, 0.5) is 0 Å². The molecule has 2 unspecified atom stereocenters. The summed E-state index contributed by atoms with van der Waals surface area (Å²) in [5.41, 5.74) is 0. The maximum absolute atomic E-state index is 11.0. The van der Waals surface area contributed by atoms with Crippen molar-refractivity contribution < 1.29 is 9.90 Å². The Morgan fingerprint density at radius 1 is 1.60 bits per heavy atom. The van der Waals surface area contributed by atoms with Crippen LogP contribution >= 0.6 is 0 Å². The Morgan fingerprint density at radius 2 is 2.20 bits per heavy atom. The van der Waals surface area contributed by atoms with E-state index in [0.717, 1.165) is 0 Å². The molecule has 0 aromatic rings. The van der Waals surface area contributed by atoms with Gasteiger partial charge in [-0.3, -0.25) is 4.79 Å². The summed E-state index contributed by atoms with van der Waals surface area (Å²) >= 11 is 0. The fourth-order valence-electron chi connectivity index (χ4n) is 1.32. The zero-order valence-electron chi connectivity index (χ0n) is 6.24. The molecule has 0 fully saturated rings. The molecule has 0 aromatic carbocycles. The van der Waals surface area contributed by atoms with E-state index in [0.29, 0.717) is 0 Å². The molecule has 0 radical (unpaired) electrons. The molecule has 1 aliphatic carbocycles. The van der Waals surface area contributed by atoms with Crippen LogP contribution in [0.15, 0.2) is 12.2 Å². The summed E-state index contributed by atoms with van der Waals surface area (Å²) in [7, 11) is 0. The zero-order valence-corrected chi connectivity index (χ0v) is 6.24. The second kappa shape index (κ2) is 2.54. The van der Waals surface area contributed by atoms with Crippen molar-refractivity contribution in [3.63, 3.8) is 0 Å². The molecule has 56 valence electrons. The number of ketones is 1. The summed E-state index contributed by atoms with van der Waals surface area (Å²) in [6.07, 6.45) is 2.48. The second-order valence-electron chi connectivity index (χ2n) is 3.02. The normalized spacial score (nSPS) is 32.2. The number of carbonyl (C=O) groups is 1. The fraction of sp³-hybridized carbons (Fsp3) is 0.625. The third-order valence-corrected chi connectivity index (χ3v) is 1.87. The van der Waals surface area contributed by atoms with E-state index < -0.39 is 6.10 Å². The first-order valence-corrected chi connectivity index (χ1v) is 3.53. The van der Waals surface area contributed by atoms with Crippen molar-refractivity contribution in [1.29, 1.82) is 0 Å². The van der Waals surface area contributed by atoms with Gasteiger partial charge in [0.1, 0.15) is 0 Å². The summed E-state index contributed by atoms with van der Waals surface area (Å²) in [6.45, 7) is 3.89. The molecule has 2 atom stereocenters. The second-order valence-corrected chi connectivity index (χ2v) is 3.02. The molecular weight excluding hydrogens is 128 g/mol. The van der Waals surface area contributed by atoms with E-state index in [-0.39, 0.29) is 17.6 Å². The van der Waals surface area contributed by atoms with E-state index >= 15 is 0 Å². The average Bonchev–Trinajstić information content (AvgIpc) is 2.11. The predicted molar refractivity (Wildman–Crippen MR) is 38.5 cm³/mol. The average molecular weight is 140 g/mol. The zero-order chi connectivity index (χ0) is 7.72. The van der Waals surface area contributed by atoms with Gasteiger partial charge in [0.15, 0.2) is 5.78 Å². The van der Waals surface area contributed by atoms with E-state index in [1.165, 1.54) is 6.08 Å². The highest BCUT2D eigenvalue weighted by Gasteiger charge is 2.30. The van der Waals surface area contributed by atoms with Gasteiger partial charge in [-0.25, -0.2) is 0 Å². The summed E-state index contributed by atoms with van der Waals surface area (Å²) in [5, 5.41) is 9.22. The molecule has 1 N–H and O–H groups in total. The number of hydrogen-bond donors (Lipinski definition) is 1. The smallest absolute Gasteiger partial charge is 0.161 e. The highest BCUT2D eigenvalue weighted by molar-refractivity contribution is 5.95. The predicted octanol–water partition coefficient (Wildman–Crippen LogP) is 0.758. The third-order valence-electron chi connectivity index (χ3n) is 1.87. The molecule has 0 heterocycles. The SMILES string of the molecule is CC(C)C1C(=O)C=CC1O. The molecule has 10 heavy (non-hydrogen) atoms. The Labute approximate surface area is 60.6 Å². The highest BCUT2D eigenvalue weighted by Crippen LogP contribution is 2.22. The lowest BCUT2D eigenvalue weighted by molar-refractivity contribution is -0.120. The fourth-order valence-corrected chi connectivity index (χ4v) is 1.32. The van der Waals surface area contributed by atoms with Crippen LogP contribution in [0.3, 0.4) is 0 Å². The quantitative estimate of drug-likeness (QED) is 0.583. The van der Waals surface area contributed by atoms with Gasteiger partial charge < -0.3 is 5.11 Å². The topological polar surface area (TPSA) is 37.3 Å². The van der Waals surface area contributed by atoms with Gasteiger partial charge in [0.05, 0.1) is 12.0 Å². The number of rotatable bonds is 1. The maximum Gasteiger partial charge on any atom is 0.161 e. The van der Waals surface area contributed by atoms with Gasteiger partial charge >= 0.3 is 0 Å². The Balaban J connectivity index is 2.69. The molecule has 0 amide bonds. The number of aliphatic hydroxyl groups is 1. The summed E-state index contributed by atoms with van der Waals surface area (Å²) < 4.78 is 0. The van der Waals surface area contributed by atoms with Crippen LogP contribution in [-0.4, -0.2) is 17.0 Å². The van der Waals surface area contributed by atoms with Crippen molar-refractivity contribution in [3.05, 3.63) is 12.2 Å². The van der Waals surface area contributed by atoms with E-state index in [1.807, 2.05) is 13.8 Å². The molecule has 0 aromatic heterocycles. The monoisotopic (exact) mass is 140 g/mol. The van der Waals surface area contributed by atoms with Crippen LogP contribution < -0.4 is 0 Å². The van der Waals surface area contributed by atoms with E-state index in [9.17, 15) is 9.90 Å².